The number of furan rings is 1. The lowest BCUT2D eigenvalue weighted by Gasteiger charge is -2.09. The molecule has 1 aromatic carbocycles. The molecule has 6 heteroatoms. The van der Waals surface area contributed by atoms with Gasteiger partial charge in [0.15, 0.2) is 5.76 Å². The Labute approximate surface area is 153 Å². The summed E-state index contributed by atoms with van der Waals surface area (Å²) in [5.41, 5.74) is 6.68. The minimum atomic E-state index is -0.373. The van der Waals surface area contributed by atoms with Crippen molar-refractivity contribution in [1.29, 1.82) is 0 Å². The lowest BCUT2D eigenvalue weighted by Crippen LogP contribution is -2.16. The molecule has 0 saturated heterocycles. The van der Waals surface area contributed by atoms with E-state index in [1.165, 1.54) is 9.83 Å². The number of amides is 1. The van der Waals surface area contributed by atoms with Crippen molar-refractivity contribution in [3.63, 3.8) is 0 Å². The summed E-state index contributed by atoms with van der Waals surface area (Å²) in [5.74, 6) is -0.140. The van der Waals surface area contributed by atoms with E-state index in [4.69, 9.17) is 4.42 Å². The first kappa shape index (κ1) is 16.5. The van der Waals surface area contributed by atoms with Crippen LogP contribution in [-0.2, 0) is 0 Å². The second kappa shape index (κ2) is 7.04. The highest BCUT2D eigenvalue weighted by atomic mass is 127. The van der Waals surface area contributed by atoms with Crippen LogP contribution in [0.5, 0.6) is 0 Å². The number of rotatable bonds is 4. The summed E-state index contributed by atoms with van der Waals surface area (Å²) in [6, 6.07) is 13.6. The van der Waals surface area contributed by atoms with Crippen LogP contribution in [0.1, 0.15) is 27.5 Å². The Bertz CT molecular complexity index is 878. The molecule has 2 aromatic heterocycles. The van der Waals surface area contributed by atoms with Gasteiger partial charge >= 0.3 is 5.91 Å². The molecular formula is C18H16IN3O2. The Balaban J connectivity index is 1.80. The van der Waals surface area contributed by atoms with Crippen LogP contribution in [0.4, 0.5) is 0 Å². The average molecular weight is 433 g/mol. The van der Waals surface area contributed by atoms with Crippen molar-refractivity contribution >= 4 is 34.7 Å². The molecule has 0 radical (unpaired) electrons. The molecule has 0 bridgehead atoms. The number of hydrogen-bond donors (Lipinski definition) is 1. The molecule has 1 N–H and O–H groups in total. The van der Waals surface area contributed by atoms with Gasteiger partial charge in [0.25, 0.3) is 0 Å². The Kier molecular flexibility index (Phi) is 4.84. The molecule has 3 aromatic rings. The third-order valence-corrected chi connectivity index (χ3v) is 4.39. The van der Waals surface area contributed by atoms with Gasteiger partial charge in [-0.1, -0.05) is 0 Å². The zero-order chi connectivity index (χ0) is 17.1. The molecule has 0 aliphatic heterocycles. The largest absolute Gasteiger partial charge is 0.459 e. The number of benzene rings is 1. The molecule has 2 heterocycles. The van der Waals surface area contributed by atoms with E-state index in [-0.39, 0.29) is 11.7 Å². The van der Waals surface area contributed by atoms with Crippen molar-refractivity contribution in [2.45, 2.75) is 13.8 Å². The number of nitrogens with zero attached hydrogens (tertiary/aromatic N) is 2. The van der Waals surface area contributed by atoms with Gasteiger partial charge < -0.3 is 8.98 Å². The quantitative estimate of drug-likeness (QED) is 0.384. The van der Waals surface area contributed by atoms with Gasteiger partial charge in [-0.3, -0.25) is 4.79 Å². The molecule has 122 valence electrons. The van der Waals surface area contributed by atoms with Gasteiger partial charge in [0.05, 0.1) is 12.5 Å². The van der Waals surface area contributed by atoms with E-state index >= 15 is 0 Å². The number of hydrazone groups is 1. The monoisotopic (exact) mass is 433 g/mol. The van der Waals surface area contributed by atoms with Gasteiger partial charge in [0.1, 0.15) is 0 Å². The SMILES string of the molecule is Cc1cc(/C=N/NC(=O)c2ccco2)c(C)n1-c1ccc(I)cc1. The number of aryl methyl sites for hydroxylation is 1. The van der Waals surface area contributed by atoms with Crippen molar-refractivity contribution in [3.05, 3.63) is 75.0 Å². The standard InChI is InChI=1S/C18H16IN3O2/c1-12-10-14(11-20-21-18(23)17-4-3-9-24-17)13(2)22(12)16-7-5-15(19)6-8-16/h3-11H,1-2H3,(H,21,23)/b20-11+. The third kappa shape index (κ3) is 3.43. The van der Waals surface area contributed by atoms with Crippen LogP contribution >= 0.6 is 22.6 Å². The fourth-order valence-electron chi connectivity index (χ4n) is 2.53. The van der Waals surface area contributed by atoms with E-state index in [9.17, 15) is 4.79 Å². The topological polar surface area (TPSA) is 59.5 Å². The highest BCUT2D eigenvalue weighted by molar-refractivity contribution is 14.1. The Morgan fingerprint density at radius 2 is 2.00 bits per heavy atom. The Hall–Kier alpha value is -2.35. The Morgan fingerprint density at radius 1 is 1.25 bits per heavy atom. The van der Waals surface area contributed by atoms with Crippen molar-refractivity contribution in [1.82, 2.24) is 9.99 Å². The van der Waals surface area contributed by atoms with E-state index in [2.05, 4.69) is 62.0 Å². The molecule has 0 atom stereocenters. The maximum absolute atomic E-state index is 11.8. The summed E-state index contributed by atoms with van der Waals surface area (Å²) in [6.07, 6.45) is 3.10. The number of nitrogens with one attached hydrogen (secondary N) is 1. The lowest BCUT2D eigenvalue weighted by molar-refractivity contribution is 0.0927. The molecular weight excluding hydrogens is 417 g/mol. The molecule has 0 fully saturated rings. The van der Waals surface area contributed by atoms with Gasteiger partial charge in [-0.2, -0.15) is 5.10 Å². The summed E-state index contributed by atoms with van der Waals surface area (Å²) in [7, 11) is 0. The van der Waals surface area contributed by atoms with E-state index in [1.54, 1.807) is 18.3 Å². The summed E-state index contributed by atoms with van der Waals surface area (Å²) in [4.78, 5) is 11.8. The highest BCUT2D eigenvalue weighted by Crippen LogP contribution is 2.20. The van der Waals surface area contributed by atoms with Crippen molar-refractivity contribution in [3.8, 4) is 5.69 Å². The number of aromatic nitrogens is 1. The predicted octanol–water partition coefficient (Wildman–Crippen LogP) is 4.06. The fraction of sp³-hybridized carbons (Fsp3) is 0.111. The number of carbonyl (C=O) groups is 1. The van der Waals surface area contributed by atoms with Gasteiger partial charge in [0.2, 0.25) is 0 Å². The minimum absolute atomic E-state index is 0.233. The first-order valence-electron chi connectivity index (χ1n) is 7.38. The number of carbonyl (C=O) groups excluding carboxylic acids is 1. The maximum Gasteiger partial charge on any atom is 0.307 e. The molecule has 0 aliphatic rings. The van der Waals surface area contributed by atoms with Gasteiger partial charge in [-0.25, -0.2) is 5.43 Å². The van der Waals surface area contributed by atoms with Crippen LogP contribution in [0.2, 0.25) is 0 Å². The smallest absolute Gasteiger partial charge is 0.307 e. The van der Waals surface area contributed by atoms with Crippen LogP contribution in [0.3, 0.4) is 0 Å². The Morgan fingerprint density at radius 3 is 2.67 bits per heavy atom. The second-order valence-corrected chi connectivity index (χ2v) is 6.56. The zero-order valence-electron chi connectivity index (χ0n) is 13.3. The van der Waals surface area contributed by atoms with Crippen molar-refractivity contribution in [2.75, 3.05) is 0 Å². The van der Waals surface area contributed by atoms with Crippen LogP contribution in [0, 0.1) is 17.4 Å². The molecule has 1 amide bonds. The molecule has 0 aliphatic carbocycles. The molecule has 0 unspecified atom stereocenters. The first-order valence-corrected chi connectivity index (χ1v) is 8.46. The molecule has 3 rings (SSSR count). The third-order valence-electron chi connectivity index (χ3n) is 3.67. The average Bonchev–Trinajstić information content (AvgIpc) is 3.18. The molecule has 24 heavy (non-hydrogen) atoms. The van der Waals surface area contributed by atoms with Gasteiger partial charge in [-0.05, 0) is 78.9 Å². The van der Waals surface area contributed by atoms with E-state index in [0.29, 0.717) is 0 Å². The zero-order valence-corrected chi connectivity index (χ0v) is 15.4. The van der Waals surface area contributed by atoms with Gasteiger partial charge in [-0.15, -0.1) is 0 Å². The molecule has 5 nitrogen and oxygen atoms in total. The van der Waals surface area contributed by atoms with Crippen molar-refractivity contribution in [2.24, 2.45) is 5.10 Å². The van der Waals surface area contributed by atoms with Crippen LogP contribution in [0.15, 0.2) is 58.2 Å². The summed E-state index contributed by atoms with van der Waals surface area (Å²) in [6.45, 7) is 4.07. The number of hydrogen-bond acceptors (Lipinski definition) is 3. The van der Waals surface area contributed by atoms with Gasteiger partial charge in [0, 0.05) is 26.2 Å². The predicted molar refractivity (Wildman–Crippen MR) is 102 cm³/mol. The molecule has 0 saturated carbocycles. The summed E-state index contributed by atoms with van der Waals surface area (Å²) in [5, 5.41) is 4.02. The number of halogens is 1. The van der Waals surface area contributed by atoms with Crippen LogP contribution in [-0.4, -0.2) is 16.7 Å². The van der Waals surface area contributed by atoms with Crippen molar-refractivity contribution < 1.29 is 9.21 Å². The summed E-state index contributed by atoms with van der Waals surface area (Å²) >= 11 is 2.29. The van der Waals surface area contributed by atoms with E-state index in [1.807, 2.05) is 19.9 Å². The lowest BCUT2D eigenvalue weighted by atomic mass is 10.2. The highest BCUT2D eigenvalue weighted by Gasteiger charge is 2.10. The normalized spacial score (nSPS) is 11.1. The summed E-state index contributed by atoms with van der Waals surface area (Å²) < 4.78 is 8.38. The second-order valence-electron chi connectivity index (χ2n) is 5.31. The molecule has 0 spiro atoms. The van der Waals surface area contributed by atoms with Crippen LogP contribution in [0.25, 0.3) is 5.69 Å². The minimum Gasteiger partial charge on any atom is -0.459 e. The first-order chi connectivity index (χ1) is 11.6. The maximum atomic E-state index is 11.8. The van der Waals surface area contributed by atoms with E-state index < -0.39 is 0 Å². The fourth-order valence-corrected chi connectivity index (χ4v) is 2.89. The van der Waals surface area contributed by atoms with E-state index in [0.717, 1.165) is 22.6 Å². The van der Waals surface area contributed by atoms with Crippen LogP contribution < -0.4 is 5.43 Å².